The molecule has 0 saturated heterocycles. The predicted octanol–water partition coefficient (Wildman–Crippen LogP) is 1.18. The van der Waals surface area contributed by atoms with Gasteiger partial charge >= 0.3 is 0 Å². The maximum atomic E-state index is 11.7. The number of likely N-dealkylation sites (N-methyl/N-ethyl adjacent to an activating group) is 1. The molecule has 1 aliphatic carbocycles. The summed E-state index contributed by atoms with van der Waals surface area (Å²) in [5.41, 5.74) is 0.363. The molecule has 0 spiro atoms. The standard InChI is InChI=1S/C13H14N4O3/c1-16(8-13(18)15-10-3-4-10)11-5-2-9(7-14)6-12(11)17(19)20/h2,5-6,10H,3-4,8H2,1H3,(H,15,18). The van der Waals surface area contributed by atoms with Crippen molar-refractivity contribution >= 4 is 17.3 Å². The second-order valence-electron chi connectivity index (χ2n) is 4.77. The molecule has 7 heteroatoms. The smallest absolute Gasteiger partial charge is 0.293 e. The largest absolute Gasteiger partial charge is 0.360 e. The SMILES string of the molecule is CN(CC(=O)NC1CC1)c1ccc(C#N)cc1[N+](=O)[O-]. The summed E-state index contributed by atoms with van der Waals surface area (Å²) in [6.07, 6.45) is 1.99. The van der Waals surface area contributed by atoms with Crippen molar-refractivity contribution in [2.75, 3.05) is 18.5 Å². The number of carbonyl (C=O) groups is 1. The molecule has 1 aromatic carbocycles. The first-order valence-corrected chi connectivity index (χ1v) is 6.20. The van der Waals surface area contributed by atoms with Crippen LogP contribution in [0.1, 0.15) is 18.4 Å². The number of nitro groups is 1. The van der Waals surface area contributed by atoms with Gasteiger partial charge in [0.05, 0.1) is 23.1 Å². The van der Waals surface area contributed by atoms with Gasteiger partial charge in [0.15, 0.2) is 0 Å². The molecule has 1 amide bonds. The molecule has 2 rings (SSSR count). The molecular formula is C13H14N4O3. The van der Waals surface area contributed by atoms with Crippen molar-refractivity contribution in [1.82, 2.24) is 5.32 Å². The summed E-state index contributed by atoms with van der Waals surface area (Å²) >= 11 is 0. The van der Waals surface area contributed by atoms with Crippen molar-refractivity contribution in [2.45, 2.75) is 18.9 Å². The molecule has 7 nitrogen and oxygen atoms in total. The van der Waals surface area contributed by atoms with Crippen molar-refractivity contribution in [2.24, 2.45) is 0 Å². The van der Waals surface area contributed by atoms with Crippen LogP contribution in [-0.4, -0.2) is 30.5 Å². The molecule has 104 valence electrons. The second-order valence-corrected chi connectivity index (χ2v) is 4.77. The quantitative estimate of drug-likeness (QED) is 0.642. The van der Waals surface area contributed by atoms with Crippen LogP contribution in [0.4, 0.5) is 11.4 Å². The van der Waals surface area contributed by atoms with Gasteiger partial charge in [0.1, 0.15) is 5.69 Å². The third-order valence-electron chi connectivity index (χ3n) is 3.04. The summed E-state index contributed by atoms with van der Waals surface area (Å²) < 4.78 is 0. The third kappa shape index (κ3) is 3.23. The minimum Gasteiger partial charge on any atom is -0.360 e. The lowest BCUT2D eigenvalue weighted by Crippen LogP contribution is -2.36. The lowest BCUT2D eigenvalue weighted by molar-refractivity contribution is -0.384. The highest BCUT2D eigenvalue weighted by Gasteiger charge is 2.25. The zero-order chi connectivity index (χ0) is 14.7. The molecular weight excluding hydrogens is 260 g/mol. The Hall–Kier alpha value is -2.62. The molecule has 1 aliphatic rings. The molecule has 1 N–H and O–H groups in total. The molecule has 0 heterocycles. The van der Waals surface area contributed by atoms with Crippen molar-refractivity contribution in [1.29, 1.82) is 5.26 Å². The van der Waals surface area contributed by atoms with E-state index in [-0.39, 0.29) is 29.7 Å². The van der Waals surface area contributed by atoms with Gasteiger partial charge in [-0.15, -0.1) is 0 Å². The first-order chi connectivity index (χ1) is 9.51. The minimum absolute atomic E-state index is 0.0449. The Kier molecular flexibility index (Phi) is 3.84. The van der Waals surface area contributed by atoms with E-state index in [1.54, 1.807) is 7.05 Å². The van der Waals surface area contributed by atoms with Crippen LogP contribution in [0, 0.1) is 21.4 Å². The Morgan fingerprint density at radius 1 is 1.60 bits per heavy atom. The fourth-order valence-electron chi connectivity index (χ4n) is 1.86. The number of nitriles is 1. The van der Waals surface area contributed by atoms with Crippen LogP contribution in [0.3, 0.4) is 0 Å². The number of anilines is 1. The molecule has 0 bridgehead atoms. The maximum Gasteiger partial charge on any atom is 0.293 e. The zero-order valence-corrected chi connectivity index (χ0v) is 11.0. The van der Waals surface area contributed by atoms with E-state index in [2.05, 4.69) is 5.32 Å². The summed E-state index contributed by atoms with van der Waals surface area (Å²) in [6.45, 7) is 0.0449. The van der Waals surface area contributed by atoms with Crippen LogP contribution >= 0.6 is 0 Å². The highest BCUT2D eigenvalue weighted by atomic mass is 16.6. The van der Waals surface area contributed by atoms with Crippen molar-refractivity contribution in [3.05, 3.63) is 33.9 Å². The molecule has 20 heavy (non-hydrogen) atoms. The van der Waals surface area contributed by atoms with Gasteiger partial charge in [0.25, 0.3) is 5.69 Å². The second kappa shape index (κ2) is 5.57. The van der Waals surface area contributed by atoms with E-state index in [0.717, 1.165) is 12.8 Å². The van der Waals surface area contributed by atoms with Crippen LogP contribution in [0.5, 0.6) is 0 Å². The van der Waals surface area contributed by atoms with Crippen LogP contribution in [0.25, 0.3) is 0 Å². The van der Waals surface area contributed by atoms with E-state index in [4.69, 9.17) is 5.26 Å². The van der Waals surface area contributed by atoms with Gasteiger partial charge in [-0.05, 0) is 25.0 Å². The van der Waals surface area contributed by atoms with Gasteiger partial charge in [-0.25, -0.2) is 0 Å². The van der Waals surface area contributed by atoms with E-state index >= 15 is 0 Å². The van der Waals surface area contributed by atoms with Crippen LogP contribution in [0.15, 0.2) is 18.2 Å². The van der Waals surface area contributed by atoms with Gasteiger partial charge in [0.2, 0.25) is 5.91 Å². The van der Waals surface area contributed by atoms with Gasteiger partial charge in [-0.1, -0.05) is 0 Å². The highest BCUT2D eigenvalue weighted by Crippen LogP contribution is 2.28. The summed E-state index contributed by atoms with van der Waals surface area (Å²) in [6, 6.07) is 6.32. The van der Waals surface area contributed by atoms with Crippen molar-refractivity contribution in [3.63, 3.8) is 0 Å². The molecule has 1 aromatic rings. The van der Waals surface area contributed by atoms with Crippen LogP contribution in [-0.2, 0) is 4.79 Å². The highest BCUT2D eigenvalue weighted by molar-refractivity contribution is 5.83. The maximum absolute atomic E-state index is 11.7. The first-order valence-electron chi connectivity index (χ1n) is 6.20. The fraction of sp³-hybridized carbons (Fsp3) is 0.385. The van der Waals surface area contributed by atoms with Gasteiger partial charge in [0, 0.05) is 19.2 Å². The Labute approximate surface area is 115 Å². The van der Waals surface area contributed by atoms with E-state index in [0.29, 0.717) is 5.69 Å². The topological polar surface area (TPSA) is 99.3 Å². The summed E-state index contributed by atoms with van der Waals surface area (Å²) in [5, 5.41) is 22.6. The number of nitro benzene ring substituents is 1. The van der Waals surface area contributed by atoms with Gasteiger partial charge in [-0.3, -0.25) is 14.9 Å². The summed E-state index contributed by atoms with van der Waals surface area (Å²) in [5.74, 6) is -0.159. The molecule has 0 radical (unpaired) electrons. The number of hydrogen-bond acceptors (Lipinski definition) is 5. The lowest BCUT2D eigenvalue weighted by atomic mass is 10.1. The summed E-state index contributed by atoms with van der Waals surface area (Å²) in [4.78, 5) is 23.7. The monoisotopic (exact) mass is 274 g/mol. The van der Waals surface area contributed by atoms with Crippen LogP contribution < -0.4 is 10.2 Å². The predicted molar refractivity (Wildman–Crippen MR) is 72.2 cm³/mol. The molecule has 0 unspecified atom stereocenters. The number of hydrogen-bond donors (Lipinski definition) is 1. The number of amides is 1. The van der Waals surface area contributed by atoms with Gasteiger partial charge < -0.3 is 10.2 Å². The normalized spacial score (nSPS) is 13.4. The Morgan fingerprint density at radius 3 is 2.85 bits per heavy atom. The number of benzene rings is 1. The Morgan fingerprint density at radius 2 is 2.30 bits per heavy atom. The van der Waals surface area contributed by atoms with E-state index in [1.165, 1.54) is 23.1 Å². The summed E-state index contributed by atoms with van der Waals surface area (Å²) in [7, 11) is 1.61. The number of nitrogens with zero attached hydrogens (tertiary/aromatic N) is 3. The molecule has 0 aliphatic heterocycles. The third-order valence-corrected chi connectivity index (χ3v) is 3.04. The van der Waals surface area contributed by atoms with E-state index in [1.807, 2.05) is 6.07 Å². The number of nitrogens with one attached hydrogen (secondary N) is 1. The van der Waals surface area contributed by atoms with Crippen molar-refractivity contribution in [3.8, 4) is 6.07 Å². The Bertz CT molecular complexity index is 590. The zero-order valence-electron chi connectivity index (χ0n) is 11.0. The minimum atomic E-state index is -0.550. The lowest BCUT2D eigenvalue weighted by Gasteiger charge is -2.18. The Balaban J connectivity index is 2.15. The first kappa shape index (κ1) is 13.8. The van der Waals surface area contributed by atoms with Crippen molar-refractivity contribution < 1.29 is 9.72 Å². The molecule has 1 fully saturated rings. The molecule has 0 atom stereocenters. The number of carbonyl (C=O) groups excluding carboxylic acids is 1. The molecule has 0 aromatic heterocycles. The van der Waals surface area contributed by atoms with Crippen LogP contribution in [0.2, 0.25) is 0 Å². The average Bonchev–Trinajstić information content (AvgIpc) is 3.21. The fourth-order valence-corrected chi connectivity index (χ4v) is 1.86. The average molecular weight is 274 g/mol. The van der Waals surface area contributed by atoms with E-state index in [9.17, 15) is 14.9 Å². The van der Waals surface area contributed by atoms with E-state index < -0.39 is 4.92 Å². The molecule has 1 saturated carbocycles. The number of rotatable bonds is 5. The van der Waals surface area contributed by atoms with Gasteiger partial charge in [-0.2, -0.15) is 5.26 Å².